The topological polar surface area (TPSA) is 66.5 Å². The fourth-order valence-electron chi connectivity index (χ4n) is 2.83. The van der Waals surface area contributed by atoms with Gasteiger partial charge in [0, 0.05) is 13.1 Å². The molecule has 0 aliphatic carbocycles. The molecule has 0 aromatic heterocycles. The van der Waals surface area contributed by atoms with Crippen LogP contribution in [0, 0.1) is 0 Å². The molecule has 2 aromatic rings. The molecule has 6 heteroatoms. The molecule has 1 aliphatic heterocycles. The first-order valence-corrected chi connectivity index (χ1v) is 9.52. The van der Waals surface area contributed by atoms with Gasteiger partial charge in [0.2, 0.25) is 0 Å². The third-order valence-electron chi connectivity index (χ3n) is 4.10. The van der Waals surface area contributed by atoms with Gasteiger partial charge in [0.05, 0.1) is 16.1 Å². The van der Waals surface area contributed by atoms with E-state index in [-0.39, 0.29) is 10.8 Å². The fraction of sp³-hybridized carbons (Fsp3) is 0.278. The Morgan fingerprint density at radius 1 is 0.875 bits per heavy atom. The molecule has 0 bridgehead atoms. The van der Waals surface area contributed by atoms with E-state index in [1.54, 1.807) is 47.4 Å². The van der Waals surface area contributed by atoms with Crippen LogP contribution in [-0.4, -0.2) is 32.3 Å². The molecule has 0 saturated carbocycles. The predicted octanol–water partition coefficient (Wildman–Crippen LogP) is 3.11. The van der Waals surface area contributed by atoms with Crippen LogP contribution in [0.4, 0.5) is 5.69 Å². The summed E-state index contributed by atoms with van der Waals surface area (Å²) in [5.41, 5.74) is 0.704. The van der Waals surface area contributed by atoms with Gasteiger partial charge in [0.1, 0.15) is 0 Å². The van der Waals surface area contributed by atoms with Gasteiger partial charge in [-0.1, -0.05) is 30.3 Å². The molecule has 0 radical (unpaired) electrons. The SMILES string of the molecule is O=C(c1ccccc1NS(=O)(=O)c1ccccc1)N1CCCCC1. The molecule has 0 spiro atoms. The maximum absolute atomic E-state index is 12.7. The van der Waals surface area contributed by atoms with Gasteiger partial charge in [-0.3, -0.25) is 9.52 Å². The van der Waals surface area contributed by atoms with Gasteiger partial charge in [0.15, 0.2) is 0 Å². The Balaban J connectivity index is 1.88. The van der Waals surface area contributed by atoms with Gasteiger partial charge < -0.3 is 4.90 Å². The molecule has 1 fully saturated rings. The number of anilines is 1. The number of likely N-dealkylation sites (tertiary alicyclic amines) is 1. The molecule has 0 atom stereocenters. The van der Waals surface area contributed by atoms with E-state index >= 15 is 0 Å². The third-order valence-corrected chi connectivity index (χ3v) is 5.48. The molecule has 1 amide bonds. The van der Waals surface area contributed by atoms with Gasteiger partial charge in [-0.05, 0) is 43.5 Å². The Labute approximate surface area is 142 Å². The van der Waals surface area contributed by atoms with Crippen LogP contribution in [-0.2, 0) is 10.0 Å². The van der Waals surface area contributed by atoms with Crippen molar-refractivity contribution in [1.29, 1.82) is 0 Å². The number of carbonyl (C=O) groups excluding carboxylic acids is 1. The van der Waals surface area contributed by atoms with Crippen LogP contribution in [0.1, 0.15) is 29.6 Å². The summed E-state index contributed by atoms with van der Waals surface area (Å²) < 4.78 is 27.6. The van der Waals surface area contributed by atoms with Crippen molar-refractivity contribution < 1.29 is 13.2 Å². The summed E-state index contributed by atoms with van der Waals surface area (Å²) in [4.78, 5) is 14.7. The lowest BCUT2D eigenvalue weighted by molar-refractivity contribution is 0.0725. The number of para-hydroxylation sites is 1. The summed E-state index contributed by atoms with van der Waals surface area (Å²) in [7, 11) is -3.72. The molecular weight excluding hydrogens is 324 g/mol. The molecule has 3 rings (SSSR count). The van der Waals surface area contributed by atoms with E-state index in [1.807, 2.05) is 0 Å². The number of amides is 1. The summed E-state index contributed by atoms with van der Waals surface area (Å²) in [6, 6.07) is 14.9. The lowest BCUT2D eigenvalue weighted by atomic mass is 10.1. The largest absolute Gasteiger partial charge is 0.339 e. The molecule has 126 valence electrons. The lowest BCUT2D eigenvalue weighted by Gasteiger charge is -2.27. The van der Waals surface area contributed by atoms with Crippen molar-refractivity contribution >= 4 is 21.6 Å². The van der Waals surface area contributed by atoms with E-state index in [9.17, 15) is 13.2 Å². The van der Waals surface area contributed by atoms with E-state index in [0.29, 0.717) is 11.3 Å². The summed E-state index contributed by atoms with van der Waals surface area (Å²) in [6.45, 7) is 1.44. The summed E-state index contributed by atoms with van der Waals surface area (Å²) in [5.74, 6) is -0.124. The van der Waals surface area contributed by atoms with Crippen molar-refractivity contribution in [3.8, 4) is 0 Å². The number of benzene rings is 2. The standard InChI is InChI=1S/C18H20N2O3S/c21-18(20-13-7-2-8-14-20)16-11-5-6-12-17(16)19-24(22,23)15-9-3-1-4-10-15/h1,3-6,9-12,19H,2,7-8,13-14H2. The lowest BCUT2D eigenvalue weighted by Crippen LogP contribution is -2.36. The van der Waals surface area contributed by atoms with E-state index in [0.717, 1.165) is 32.4 Å². The van der Waals surface area contributed by atoms with Gasteiger partial charge in [-0.2, -0.15) is 0 Å². The van der Waals surface area contributed by atoms with Crippen molar-refractivity contribution in [1.82, 2.24) is 4.90 Å². The Morgan fingerprint density at radius 2 is 1.50 bits per heavy atom. The number of nitrogens with one attached hydrogen (secondary N) is 1. The smallest absolute Gasteiger partial charge is 0.261 e. The van der Waals surface area contributed by atoms with Gasteiger partial charge in [-0.25, -0.2) is 8.42 Å². The first-order chi connectivity index (χ1) is 11.6. The quantitative estimate of drug-likeness (QED) is 0.927. The highest BCUT2D eigenvalue weighted by Gasteiger charge is 2.23. The summed E-state index contributed by atoms with van der Waals surface area (Å²) in [5, 5.41) is 0. The number of hydrogen-bond donors (Lipinski definition) is 1. The number of nitrogens with zero attached hydrogens (tertiary/aromatic N) is 1. The van der Waals surface area contributed by atoms with Crippen molar-refractivity contribution in [3.05, 3.63) is 60.2 Å². The van der Waals surface area contributed by atoms with Gasteiger partial charge in [-0.15, -0.1) is 0 Å². The number of hydrogen-bond acceptors (Lipinski definition) is 3. The fourth-order valence-corrected chi connectivity index (χ4v) is 3.93. The van der Waals surface area contributed by atoms with Crippen LogP contribution in [0.3, 0.4) is 0 Å². The number of sulfonamides is 1. The first kappa shape index (κ1) is 16.5. The van der Waals surface area contributed by atoms with Crippen molar-refractivity contribution in [3.63, 3.8) is 0 Å². The Kier molecular flexibility index (Phi) is 4.85. The molecule has 1 saturated heterocycles. The average molecular weight is 344 g/mol. The zero-order valence-corrected chi connectivity index (χ0v) is 14.1. The van der Waals surface area contributed by atoms with Crippen molar-refractivity contribution in [2.45, 2.75) is 24.2 Å². The molecule has 1 N–H and O–H groups in total. The van der Waals surface area contributed by atoms with E-state index < -0.39 is 10.0 Å². The van der Waals surface area contributed by atoms with Crippen LogP contribution < -0.4 is 4.72 Å². The van der Waals surface area contributed by atoms with E-state index in [4.69, 9.17) is 0 Å². The minimum absolute atomic E-state index is 0.124. The molecule has 2 aromatic carbocycles. The van der Waals surface area contributed by atoms with Crippen LogP contribution in [0.25, 0.3) is 0 Å². The zero-order valence-electron chi connectivity index (χ0n) is 13.3. The maximum atomic E-state index is 12.7. The highest BCUT2D eigenvalue weighted by molar-refractivity contribution is 7.92. The van der Waals surface area contributed by atoms with E-state index in [2.05, 4.69) is 4.72 Å². The Morgan fingerprint density at radius 3 is 2.21 bits per heavy atom. The molecule has 5 nitrogen and oxygen atoms in total. The zero-order chi connectivity index (χ0) is 17.0. The second-order valence-electron chi connectivity index (χ2n) is 5.82. The normalized spacial score (nSPS) is 15.1. The third kappa shape index (κ3) is 3.59. The van der Waals surface area contributed by atoms with Crippen molar-refractivity contribution in [2.24, 2.45) is 0 Å². The predicted molar refractivity (Wildman–Crippen MR) is 93.4 cm³/mol. The van der Waals surface area contributed by atoms with Crippen LogP contribution in [0.15, 0.2) is 59.5 Å². The van der Waals surface area contributed by atoms with Gasteiger partial charge >= 0.3 is 0 Å². The highest BCUT2D eigenvalue weighted by atomic mass is 32.2. The minimum atomic E-state index is -3.72. The number of rotatable bonds is 4. The highest BCUT2D eigenvalue weighted by Crippen LogP contribution is 2.23. The second kappa shape index (κ2) is 7.05. The minimum Gasteiger partial charge on any atom is -0.339 e. The van der Waals surface area contributed by atoms with Gasteiger partial charge in [0.25, 0.3) is 15.9 Å². The van der Waals surface area contributed by atoms with Crippen molar-refractivity contribution in [2.75, 3.05) is 17.8 Å². The number of carbonyl (C=O) groups is 1. The molecule has 1 heterocycles. The number of piperidine rings is 1. The van der Waals surface area contributed by atoms with Crippen LogP contribution in [0.2, 0.25) is 0 Å². The molecule has 0 unspecified atom stereocenters. The first-order valence-electron chi connectivity index (χ1n) is 8.04. The maximum Gasteiger partial charge on any atom is 0.261 e. The van der Waals surface area contributed by atoms with Crippen LogP contribution >= 0.6 is 0 Å². The molecule has 1 aliphatic rings. The second-order valence-corrected chi connectivity index (χ2v) is 7.50. The van der Waals surface area contributed by atoms with Crippen LogP contribution in [0.5, 0.6) is 0 Å². The summed E-state index contributed by atoms with van der Waals surface area (Å²) >= 11 is 0. The Bertz CT molecular complexity index is 813. The monoisotopic (exact) mass is 344 g/mol. The molecule has 24 heavy (non-hydrogen) atoms. The Hall–Kier alpha value is -2.34. The molecular formula is C18H20N2O3S. The summed E-state index contributed by atoms with van der Waals surface area (Å²) in [6.07, 6.45) is 3.11. The van der Waals surface area contributed by atoms with E-state index in [1.165, 1.54) is 12.1 Å². The average Bonchev–Trinajstić information content (AvgIpc) is 2.63.